The van der Waals surface area contributed by atoms with Gasteiger partial charge < -0.3 is 4.74 Å². The van der Waals surface area contributed by atoms with Gasteiger partial charge in [0.1, 0.15) is 5.75 Å². The normalized spacial score (nSPS) is 13.3. The van der Waals surface area contributed by atoms with Gasteiger partial charge in [-0.2, -0.15) is 0 Å². The predicted molar refractivity (Wildman–Crippen MR) is 77.9 cm³/mol. The smallest absolute Gasteiger partial charge is 0.209 e. The molecule has 0 spiro atoms. The van der Waals surface area contributed by atoms with Gasteiger partial charge in [0.05, 0.1) is 12.4 Å². The van der Waals surface area contributed by atoms with E-state index in [4.69, 9.17) is 9.88 Å². The third kappa shape index (κ3) is 4.84. The Hall–Kier alpha value is -1.07. The Balaban J connectivity index is 2.78. The molecule has 0 aliphatic rings. The van der Waals surface area contributed by atoms with Crippen LogP contribution in [0.15, 0.2) is 12.1 Å². The van der Waals surface area contributed by atoms with Gasteiger partial charge in [-0.05, 0) is 43.9 Å². The zero-order valence-electron chi connectivity index (χ0n) is 12.1. The highest BCUT2D eigenvalue weighted by Gasteiger charge is 2.16. The van der Waals surface area contributed by atoms with Crippen molar-refractivity contribution in [2.24, 2.45) is 11.1 Å². The maximum Gasteiger partial charge on any atom is 0.209 e. The van der Waals surface area contributed by atoms with Crippen LogP contribution in [-0.4, -0.2) is 20.8 Å². The Labute approximate surface area is 116 Å². The quantitative estimate of drug-likeness (QED) is 0.872. The van der Waals surface area contributed by atoms with Crippen molar-refractivity contribution >= 4 is 10.0 Å². The minimum atomic E-state index is -3.45. The number of ether oxygens (including phenoxy) is 1. The molecule has 5 heteroatoms. The van der Waals surface area contributed by atoms with Crippen molar-refractivity contribution in [3.63, 3.8) is 0 Å². The first-order chi connectivity index (χ1) is 8.74. The van der Waals surface area contributed by atoms with Gasteiger partial charge in [-0.25, -0.2) is 13.6 Å². The van der Waals surface area contributed by atoms with Crippen LogP contribution in [0.5, 0.6) is 5.75 Å². The van der Waals surface area contributed by atoms with Crippen molar-refractivity contribution in [2.45, 2.75) is 34.1 Å². The molecular weight excluding hydrogens is 262 g/mol. The molecule has 19 heavy (non-hydrogen) atoms. The largest absolute Gasteiger partial charge is 0.493 e. The molecule has 1 aromatic rings. The molecule has 2 N–H and O–H groups in total. The maximum atomic E-state index is 11.1. The number of sulfonamides is 1. The lowest BCUT2D eigenvalue weighted by molar-refractivity contribution is 0.254. The van der Waals surface area contributed by atoms with E-state index in [0.29, 0.717) is 6.61 Å². The topological polar surface area (TPSA) is 69.4 Å². The highest BCUT2D eigenvalue weighted by molar-refractivity contribution is 7.89. The lowest BCUT2D eigenvalue weighted by atomic mass is 10.1. The van der Waals surface area contributed by atoms with Crippen molar-refractivity contribution in [1.82, 2.24) is 0 Å². The summed E-state index contributed by atoms with van der Waals surface area (Å²) in [6, 6.07) is 4.07. The summed E-state index contributed by atoms with van der Waals surface area (Å²) in [5.74, 6) is 0.745. The summed E-state index contributed by atoms with van der Waals surface area (Å²) < 4.78 is 28.1. The molecule has 0 aliphatic carbocycles. The molecule has 1 unspecified atom stereocenters. The average Bonchev–Trinajstić information content (AvgIpc) is 2.31. The summed E-state index contributed by atoms with van der Waals surface area (Å²) in [6.45, 7) is 8.34. The molecule has 0 saturated carbocycles. The predicted octanol–water partition coefficient (Wildman–Crippen LogP) is 2.31. The second-order valence-corrected chi connectivity index (χ2v) is 6.73. The molecule has 1 rings (SSSR count). The van der Waals surface area contributed by atoms with Crippen LogP contribution in [0, 0.1) is 26.7 Å². The SMILES string of the molecule is CCC(COc1c(C)ccc(C)c1C)CS(N)(=O)=O. The Kier molecular flexibility index (Phi) is 5.38. The van der Waals surface area contributed by atoms with Gasteiger partial charge in [0.15, 0.2) is 0 Å². The van der Waals surface area contributed by atoms with E-state index in [9.17, 15) is 8.42 Å². The first-order valence-corrected chi connectivity index (χ1v) is 8.16. The van der Waals surface area contributed by atoms with Gasteiger partial charge in [0.25, 0.3) is 0 Å². The van der Waals surface area contributed by atoms with Gasteiger partial charge in [-0.3, -0.25) is 0 Å². The minimum Gasteiger partial charge on any atom is -0.493 e. The van der Waals surface area contributed by atoms with E-state index in [0.717, 1.165) is 23.3 Å². The van der Waals surface area contributed by atoms with E-state index in [-0.39, 0.29) is 11.7 Å². The standard InChI is InChI=1S/C14H23NO3S/c1-5-13(9-19(15,16)17)8-18-14-11(3)7-6-10(2)12(14)4/h6-7,13H,5,8-9H2,1-4H3,(H2,15,16,17). The number of benzene rings is 1. The third-order valence-electron chi connectivity index (χ3n) is 3.38. The highest BCUT2D eigenvalue weighted by Crippen LogP contribution is 2.26. The van der Waals surface area contributed by atoms with E-state index in [1.807, 2.05) is 33.8 Å². The van der Waals surface area contributed by atoms with Crippen molar-refractivity contribution in [3.05, 3.63) is 28.8 Å². The average molecular weight is 285 g/mol. The van der Waals surface area contributed by atoms with Crippen LogP contribution in [0.3, 0.4) is 0 Å². The first kappa shape index (κ1) is 16.0. The van der Waals surface area contributed by atoms with E-state index in [1.165, 1.54) is 5.56 Å². The molecule has 0 aliphatic heterocycles. The van der Waals surface area contributed by atoms with E-state index >= 15 is 0 Å². The van der Waals surface area contributed by atoms with Gasteiger partial charge >= 0.3 is 0 Å². The molecule has 108 valence electrons. The summed E-state index contributed by atoms with van der Waals surface area (Å²) in [6.07, 6.45) is 0.723. The van der Waals surface area contributed by atoms with Gasteiger partial charge in [0, 0.05) is 5.92 Å². The Morgan fingerprint density at radius 3 is 2.32 bits per heavy atom. The van der Waals surface area contributed by atoms with Crippen LogP contribution in [0.4, 0.5) is 0 Å². The van der Waals surface area contributed by atoms with Crippen molar-refractivity contribution < 1.29 is 13.2 Å². The number of hydrogen-bond donors (Lipinski definition) is 1. The molecular formula is C14H23NO3S. The summed E-state index contributed by atoms with van der Waals surface area (Å²) in [5, 5.41) is 5.08. The Morgan fingerprint density at radius 1 is 1.21 bits per heavy atom. The van der Waals surface area contributed by atoms with Crippen LogP contribution >= 0.6 is 0 Å². The molecule has 0 aromatic heterocycles. The van der Waals surface area contributed by atoms with Crippen LogP contribution < -0.4 is 9.88 Å². The fourth-order valence-corrected chi connectivity index (χ4v) is 2.95. The van der Waals surface area contributed by atoms with Crippen molar-refractivity contribution in [1.29, 1.82) is 0 Å². The molecule has 0 fully saturated rings. The molecule has 0 amide bonds. The molecule has 0 bridgehead atoms. The van der Waals surface area contributed by atoms with Gasteiger partial charge in [-0.1, -0.05) is 19.1 Å². The fraction of sp³-hybridized carbons (Fsp3) is 0.571. The van der Waals surface area contributed by atoms with Crippen molar-refractivity contribution in [2.75, 3.05) is 12.4 Å². The first-order valence-electron chi connectivity index (χ1n) is 6.44. The lowest BCUT2D eigenvalue weighted by Crippen LogP contribution is -2.26. The zero-order valence-corrected chi connectivity index (χ0v) is 12.9. The summed E-state index contributed by atoms with van der Waals surface area (Å²) in [7, 11) is -3.45. The molecule has 0 radical (unpaired) electrons. The number of primary sulfonamides is 1. The van der Waals surface area contributed by atoms with Crippen LogP contribution in [0.25, 0.3) is 0 Å². The van der Waals surface area contributed by atoms with Crippen LogP contribution in [-0.2, 0) is 10.0 Å². The van der Waals surface area contributed by atoms with E-state index in [2.05, 4.69) is 6.07 Å². The van der Waals surface area contributed by atoms with Crippen LogP contribution in [0.1, 0.15) is 30.0 Å². The Bertz CT molecular complexity index is 538. The monoisotopic (exact) mass is 285 g/mol. The van der Waals surface area contributed by atoms with Crippen molar-refractivity contribution in [3.8, 4) is 5.75 Å². The third-order valence-corrected chi connectivity index (χ3v) is 4.32. The number of nitrogens with two attached hydrogens (primary N) is 1. The second-order valence-electron chi connectivity index (χ2n) is 5.07. The van der Waals surface area contributed by atoms with Gasteiger partial charge in [-0.15, -0.1) is 0 Å². The number of aryl methyl sites for hydroxylation is 2. The minimum absolute atomic E-state index is 0.0343. The Morgan fingerprint density at radius 2 is 1.79 bits per heavy atom. The molecule has 4 nitrogen and oxygen atoms in total. The highest BCUT2D eigenvalue weighted by atomic mass is 32.2. The zero-order chi connectivity index (χ0) is 14.6. The second kappa shape index (κ2) is 6.39. The summed E-state index contributed by atoms with van der Waals surface area (Å²) >= 11 is 0. The molecule has 0 heterocycles. The number of hydrogen-bond acceptors (Lipinski definition) is 3. The molecule has 1 aromatic carbocycles. The van der Waals surface area contributed by atoms with Crippen LogP contribution in [0.2, 0.25) is 0 Å². The number of rotatable bonds is 6. The summed E-state index contributed by atoms with van der Waals surface area (Å²) in [4.78, 5) is 0. The fourth-order valence-electron chi connectivity index (χ4n) is 1.96. The van der Waals surface area contributed by atoms with Gasteiger partial charge in [0.2, 0.25) is 10.0 Å². The molecule has 0 saturated heterocycles. The summed E-state index contributed by atoms with van der Waals surface area (Å²) in [5.41, 5.74) is 3.33. The lowest BCUT2D eigenvalue weighted by Gasteiger charge is -2.18. The van der Waals surface area contributed by atoms with E-state index in [1.54, 1.807) is 0 Å². The molecule has 1 atom stereocenters. The van der Waals surface area contributed by atoms with E-state index < -0.39 is 10.0 Å². The maximum absolute atomic E-state index is 11.1.